The molecule has 0 saturated heterocycles. The van der Waals surface area contributed by atoms with Crippen molar-refractivity contribution in [3.63, 3.8) is 0 Å². The molecule has 0 unspecified atom stereocenters. The molecule has 2 rings (SSSR count). The van der Waals surface area contributed by atoms with Crippen LogP contribution in [-0.2, 0) is 10.2 Å². The van der Waals surface area contributed by atoms with E-state index in [-0.39, 0.29) is 23.8 Å². The fourth-order valence-electron chi connectivity index (χ4n) is 2.47. The van der Waals surface area contributed by atoms with E-state index >= 15 is 0 Å². The highest BCUT2D eigenvalue weighted by Gasteiger charge is 2.29. The van der Waals surface area contributed by atoms with Crippen molar-refractivity contribution in [2.45, 2.75) is 52.5 Å². The fourth-order valence-corrected chi connectivity index (χ4v) is 3.01. The lowest BCUT2D eigenvalue weighted by atomic mass is 9.86. The number of rotatable bonds is 4. The predicted molar refractivity (Wildman–Crippen MR) is 107 cm³/mol. The maximum absolute atomic E-state index is 13.0. The van der Waals surface area contributed by atoms with Crippen molar-refractivity contribution in [1.29, 1.82) is 0 Å². The Hall–Kier alpha value is -2.21. The van der Waals surface area contributed by atoms with Gasteiger partial charge in [-0.15, -0.1) is 11.3 Å². The van der Waals surface area contributed by atoms with Gasteiger partial charge in [0.15, 0.2) is 5.13 Å². The molecule has 140 valence electrons. The average Bonchev–Trinajstić information content (AvgIpc) is 3.03. The zero-order chi connectivity index (χ0) is 19.5. The van der Waals surface area contributed by atoms with Gasteiger partial charge in [0.2, 0.25) is 5.91 Å². The summed E-state index contributed by atoms with van der Waals surface area (Å²) >= 11 is 1.35. The van der Waals surface area contributed by atoms with Crippen LogP contribution >= 0.6 is 11.3 Å². The van der Waals surface area contributed by atoms with Crippen LogP contribution in [0.2, 0.25) is 0 Å². The van der Waals surface area contributed by atoms with Crippen LogP contribution in [0.25, 0.3) is 0 Å². The zero-order valence-corrected chi connectivity index (χ0v) is 17.1. The summed E-state index contributed by atoms with van der Waals surface area (Å²) < 4.78 is 0. The normalized spacial score (nSPS) is 11.9. The highest BCUT2D eigenvalue weighted by Crippen LogP contribution is 2.24. The van der Waals surface area contributed by atoms with E-state index in [0.717, 1.165) is 5.56 Å². The SMILES string of the molecule is CC(C)(C)c1ccc(C(=O)N(CC(=O)Nc2nccs2)C(C)(C)C)cc1. The Bertz CT molecular complexity index is 754. The van der Waals surface area contributed by atoms with Crippen LogP contribution in [0, 0.1) is 0 Å². The third-order valence-electron chi connectivity index (χ3n) is 4.03. The van der Waals surface area contributed by atoms with E-state index < -0.39 is 5.54 Å². The quantitative estimate of drug-likeness (QED) is 0.868. The van der Waals surface area contributed by atoms with Crippen molar-refractivity contribution >= 4 is 28.3 Å². The minimum absolute atomic E-state index is 0.0249. The Balaban J connectivity index is 2.18. The molecule has 6 heteroatoms. The van der Waals surface area contributed by atoms with Crippen LogP contribution in [-0.4, -0.2) is 33.8 Å². The molecule has 0 aliphatic rings. The number of anilines is 1. The van der Waals surface area contributed by atoms with Gasteiger partial charge < -0.3 is 10.2 Å². The van der Waals surface area contributed by atoms with Crippen LogP contribution in [0.15, 0.2) is 35.8 Å². The Morgan fingerprint density at radius 3 is 2.15 bits per heavy atom. The number of hydrogen-bond acceptors (Lipinski definition) is 4. The largest absolute Gasteiger partial charge is 0.324 e. The molecule has 5 nitrogen and oxygen atoms in total. The zero-order valence-electron chi connectivity index (χ0n) is 16.3. The molecule has 1 aromatic carbocycles. The number of nitrogens with zero attached hydrogens (tertiary/aromatic N) is 2. The van der Waals surface area contributed by atoms with Gasteiger partial charge in [0.1, 0.15) is 6.54 Å². The van der Waals surface area contributed by atoms with E-state index in [0.29, 0.717) is 10.7 Å². The van der Waals surface area contributed by atoms with Gasteiger partial charge in [-0.05, 0) is 43.9 Å². The summed E-state index contributed by atoms with van der Waals surface area (Å²) in [4.78, 5) is 31.0. The third-order valence-corrected chi connectivity index (χ3v) is 4.72. The molecule has 1 N–H and O–H groups in total. The number of benzene rings is 1. The second kappa shape index (κ2) is 7.58. The van der Waals surface area contributed by atoms with Crippen molar-refractivity contribution in [1.82, 2.24) is 9.88 Å². The average molecular weight is 374 g/mol. The molecule has 1 heterocycles. The number of carbonyl (C=O) groups excluding carboxylic acids is 2. The van der Waals surface area contributed by atoms with Crippen molar-refractivity contribution in [3.8, 4) is 0 Å². The number of amides is 2. The first-order valence-electron chi connectivity index (χ1n) is 8.60. The van der Waals surface area contributed by atoms with Crippen molar-refractivity contribution in [3.05, 3.63) is 47.0 Å². The fraction of sp³-hybridized carbons (Fsp3) is 0.450. The van der Waals surface area contributed by atoms with Gasteiger partial charge in [0.25, 0.3) is 5.91 Å². The number of carbonyl (C=O) groups is 2. The maximum Gasteiger partial charge on any atom is 0.254 e. The van der Waals surface area contributed by atoms with Gasteiger partial charge in [-0.2, -0.15) is 0 Å². The van der Waals surface area contributed by atoms with E-state index in [1.807, 2.05) is 45.0 Å². The first-order valence-corrected chi connectivity index (χ1v) is 9.48. The predicted octanol–water partition coefficient (Wildman–Crippen LogP) is 4.32. The molecule has 0 saturated carbocycles. The third kappa shape index (κ3) is 5.14. The Morgan fingerprint density at radius 1 is 1.08 bits per heavy atom. The molecule has 1 aromatic heterocycles. The van der Waals surface area contributed by atoms with Crippen molar-refractivity contribution in [2.24, 2.45) is 0 Å². The van der Waals surface area contributed by atoms with Gasteiger partial charge in [-0.25, -0.2) is 4.98 Å². The summed E-state index contributed by atoms with van der Waals surface area (Å²) in [6, 6.07) is 7.62. The molecular weight excluding hydrogens is 346 g/mol. The van der Waals surface area contributed by atoms with E-state index in [9.17, 15) is 9.59 Å². The lowest BCUT2D eigenvalue weighted by molar-refractivity contribution is -0.117. The molecule has 0 atom stereocenters. The van der Waals surface area contributed by atoms with E-state index in [1.165, 1.54) is 11.3 Å². The molecule has 0 aliphatic heterocycles. The number of aromatic nitrogens is 1. The van der Waals surface area contributed by atoms with E-state index in [2.05, 4.69) is 31.1 Å². The Labute approximate surface area is 159 Å². The highest BCUT2D eigenvalue weighted by atomic mass is 32.1. The lowest BCUT2D eigenvalue weighted by Gasteiger charge is -2.35. The van der Waals surface area contributed by atoms with Gasteiger partial charge in [-0.3, -0.25) is 9.59 Å². The summed E-state index contributed by atoms with van der Waals surface area (Å²) in [6.07, 6.45) is 1.63. The summed E-state index contributed by atoms with van der Waals surface area (Å²) in [6.45, 7) is 12.1. The highest BCUT2D eigenvalue weighted by molar-refractivity contribution is 7.13. The molecule has 2 amide bonds. The minimum Gasteiger partial charge on any atom is -0.324 e. The first kappa shape index (κ1) is 20.1. The topological polar surface area (TPSA) is 62.3 Å². The van der Waals surface area contributed by atoms with Crippen LogP contribution in [0.3, 0.4) is 0 Å². The molecular formula is C20H27N3O2S. The Morgan fingerprint density at radius 2 is 1.69 bits per heavy atom. The Kier molecular flexibility index (Phi) is 5.86. The first-order chi connectivity index (χ1) is 12.0. The van der Waals surface area contributed by atoms with Gasteiger partial charge >= 0.3 is 0 Å². The molecule has 0 spiro atoms. The summed E-state index contributed by atoms with van der Waals surface area (Å²) in [5.74, 6) is -0.415. The monoisotopic (exact) mass is 373 g/mol. The molecule has 0 radical (unpaired) electrons. The van der Waals surface area contributed by atoms with E-state index in [4.69, 9.17) is 0 Å². The number of thiazole rings is 1. The summed E-state index contributed by atoms with van der Waals surface area (Å²) in [5.41, 5.74) is 1.28. The lowest BCUT2D eigenvalue weighted by Crippen LogP contribution is -2.49. The summed E-state index contributed by atoms with van der Waals surface area (Å²) in [5, 5.41) is 5.06. The van der Waals surface area contributed by atoms with E-state index in [1.54, 1.807) is 16.5 Å². The number of nitrogens with one attached hydrogen (secondary N) is 1. The minimum atomic E-state index is -0.486. The second-order valence-corrected chi connectivity index (χ2v) is 9.17. The van der Waals surface area contributed by atoms with Crippen LogP contribution in [0.5, 0.6) is 0 Å². The van der Waals surface area contributed by atoms with Crippen molar-refractivity contribution in [2.75, 3.05) is 11.9 Å². The number of hydrogen-bond donors (Lipinski definition) is 1. The molecule has 0 aliphatic carbocycles. The standard InChI is InChI=1S/C20H27N3O2S/c1-19(2,3)15-9-7-14(8-10-15)17(25)23(20(4,5)6)13-16(24)22-18-21-11-12-26-18/h7-12H,13H2,1-6H3,(H,21,22,24). The van der Waals surface area contributed by atoms with Crippen molar-refractivity contribution < 1.29 is 9.59 Å². The molecule has 0 bridgehead atoms. The summed E-state index contributed by atoms with van der Waals surface area (Å²) in [7, 11) is 0. The smallest absolute Gasteiger partial charge is 0.254 e. The molecule has 0 fully saturated rings. The van der Waals surface area contributed by atoms with Crippen LogP contribution in [0.1, 0.15) is 57.5 Å². The molecule has 26 heavy (non-hydrogen) atoms. The van der Waals surface area contributed by atoms with Crippen LogP contribution in [0.4, 0.5) is 5.13 Å². The second-order valence-electron chi connectivity index (χ2n) is 8.27. The molecule has 2 aromatic rings. The van der Waals surface area contributed by atoms with Gasteiger partial charge in [0, 0.05) is 22.7 Å². The van der Waals surface area contributed by atoms with Crippen LogP contribution < -0.4 is 5.32 Å². The van der Waals surface area contributed by atoms with Gasteiger partial charge in [0.05, 0.1) is 0 Å². The van der Waals surface area contributed by atoms with Gasteiger partial charge in [-0.1, -0.05) is 32.9 Å². The maximum atomic E-state index is 13.0.